The van der Waals surface area contributed by atoms with Crippen molar-refractivity contribution >= 4 is 11.8 Å². The summed E-state index contributed by atoms with van der Waals surface area (Å²) in [6, 6.07) is 1.71. The molecule has 8 atom stereocenters. The van der Waals surface area contributed by atoms with Crippen LogP contribution in [0.25, 0.3) is 0 Å². The van der Waals surface area contributed by atoms with E-state index in [1.807, 2.05) is 0 Å². The van der Waals surface area contributed by atoms with Gasteiger partial charge in [0.2, 0.25) is 0 Å². The molecule has 2 N–H and O–H groups in total. The Balaban J connectivity index is 1.63. The van der Waals surface area contributed by atoms with E-state index in [0.717, 1.165) is 19.3 Å². The minimum atomic E-state index is -1.22. The fourth-order valence-corrected chi connectivity index (χ4v) is 6.84. The van der Waals surface area contributed by atoms with Gasteiger partial charge in [0.15, 0.2) is 12.1 Å². The fourth-order valence-electron chi connectivity index (χ4n) is 6.84. The lowest BCUT2D eigenvalue weighted by Gasteiger charge is -2.66. The molecule has 1 spiro atoms. The number of hydrogen-bond donors (Lipinski definition) is 2. The highest BCUT2D eigenvalue weighted by molar-refractivity contribution is 5.88. The SMILES string of the molecule is CC(=O)OC(CC12C(O)OCC3(C(O)C(=O)C1C)C2CCCC31CO1)c1ccoc1. The molecule has 5 rings (SSSR count). The molecule has 8 heteroatoms. The summed E-state index contributed by atoms with van der Waals surface area (Å²) in [6.07, 6.45) is 2.42. The van der Waals surface area contributed by atoms with Crippen molar-refractivity contribution < 1.29 is 38.4 Å². The van der Waals surface area contributed by atoms with E-state index in [9.17, 15) is 19.8 Å². The van der Waals surface area contributed by atoms with Gasteiger partial charge in [-0.2, -0.15) is 0 Å². The molecule has 164 valence electrons. The molecular weight excluding hydrogens is 392 g/mol. The molecule has 2 aliphatic carbocycles. The lowest BCUT2D eigenvalue weighted by atomic mass is 9.40. The van der Waals surface area contributed by atoms with Crippen molar-refractivity contribution in [3.05, 3.63) is 24.2 Å². The van der Waals surface area contributed by atoms with Crippen LogP contribution in [0.1, 0.15) is 51.2 Å². The number of ether oxygens (including phenoxy) is 3. The highest BCUT2D eigenvalue weighted by Crippen LogP contribution is 2.71. The van der Waals surface area contributed by atoms with Crippen LogP contribution >= 0.6 is 0 Å². The first-order chi connectivity index (χ1) is 14.3. The number of epoxide rings is 1. The van der Waals surface area contributed by atoms with E-state index in [4.69, 9.17) is 18.6 Å². The van der Waals surface area contributed by atoms with Gasteiger partial charge in [0, 0.05) is 30.2 Å². The first-order valence-electron chi connectivity index (χ1n) is 10.6. The number of hydrogen-bond acceptors (Lipinski definition) is 8. The predicted molar refractivity (Wildman–Crippen MR) is 101 cm³/mol. The molecule has 0 aromatic carbocycles. The van der Waals surface area contributed by atoms with Crippen LogP contribution in [-0.2, 0) is 23.8 Å². The summed E-state index contributed by atoms with van der Waals surface area (Å²) >= 11 is 0. The first kappa shape index (κ1) is 20.2. The van der Waals surface area contributed by atoms with Crippen LogP contribution in [0.15, 0.2) is 23.0 Å². The summed E-state index contributed by atoms with van der Waals surface area (Å²) in [7, 11) is 0. The van der Waals surface area contributed by atoms with Gasteiger partial charge in [-0.1, -0.05) is 13.3 Å². The summed E-state index contributed by atoms with van der Waals surface area (Å²) < 4.78 is 22.6. The van der Waals surface area contributed by atoms with Gasteiger partial charge in [-0.3, -0.25) is 9.59 Å². The van der Waals surface area contributed by atoms with E-state index < -0.39 is 46.8 Å². The molecule has 3 heterocycles. The van der Waals surface area contributed by atoms with Crippen LogP contribution in [0.4, 0.5) is 0 Å². The zero-order valence-electron chi connectivity index (χ0n) is 17.2. The smallest absolute Gasteiger partial charge is 0.303 e. The summed E-state index contributed by atoms with van der Waals surface area (Å²) in [5.41, 5.74) is -1.86. The Morgan fingerprint density at radius 2 is 2.13 bits per heavy atom. The molecule has 2 bridgehead atoms. The standard InChI is InChI=1S/C22H28O8/c1-12-17(24)18(25)22-11-28-19(26)21(12,16(22)4-3-6-20(22)10-29-20)8-15(30-13(2)23)14-5-7-27-9-14/h5,7,9,12,15-16,18-19,25-26H,3-4,6,8,10-11H2,1-2H3. The molecule has 8 nitrogen and oxygen atoms in total. The van der Waals surface area contributed by atoms with Crippen LogP contribution in [0.2, 0.25) is 0 Å². The van der Waals surface area contributed by atoms with Gasteiger partial charge in [-0.05, 0) is 24.8 Å². The molecule has 8 unspecified atom stereocenters. The van der Waals surface area contributed by atoms with Crippen molar-refractivity contribution in [1.29, 1.82) is 0 Å². The highest BCUT2D eigenvalue weighted by atomic mass is 16.6. The average Bonchev–Trinajstić information content (AvgIpc) is 3.27. The Morgan fingerprint density at radius 3 is 2.77 bits per heavy atom. The third-order valence-electron chi connectivity index (χ3n) is 8.38. The Kier molecular flexibility index (Phi) is 4.46. The van der Waals surface area contributed by atoms with Crippen LogP contribution in [0, 0.1) is 22.7 Å². The van der Waals surface area contributed by atoms with Gasteiger partial charge in [0.05, 0.1) is 31.2 Å². The van der Waals surface area contributed by atoms with Gasteiger partial charge in [0.1, 0.15) is 17.8 Å². The molecule has 2 saturated heterocycles. The molecule has 30 heavy (non-hydrogen) atoms. The summed E-state index contributed by atoms with van der Waals surface area (Å²) in [5.74, 6) is -1.66. The lowest BCUT2D eigenvalue weighted by molar-refractivity contribution is -0.336. The average molecular weight is 420 g/mol. The Morgan fingerprint density at radius 1 is 1.37 bits per heavy atom. The van der Waals surface area contributed by atoms with E-state index in [2.05, 4.69) is 0 Å². The second-order valence-electron chi connectivity index (χ2n) is 9.43. The zero-order chi connectivity index (χ0) is 21.3. The summed E-state index contributed by atoms with van der Waals surface area (Å²) in [6.45, 7) is 3.62. The molecule has 0 radical (unpaired) electrons. The van der Waals surface area contributed by atoms with E-state index >= 15 is 0 Å². The topological polar surface area (TPSA) is 119 Å². The van der Waals surface area contributed by atoms with E-state index in [0.29, 0.717) is 12.2 Å². The van der Waals surface area contributed by atoms with E-state index in [1.165, 1.54) is 19.5 Å². The van der Waals surface area contributed by atoms with Crippen LogP contribution in [-0.4, -0.2) is 53.2 Å². The molecule has 1 aromatic rings. The second kappa shape index (κ2) is 6.63. The molecule has 2 saturated carbocycles. The number of Topliss-reactive ketones (excluding diaryl/α,β-unsaturated/α-hetero) is 1. The Bertz CT molecular complexity index is 845. The van der Waals surface area contributed by atoms with E-state index in [-0.39, 0.29) is 24.7 Å². The normalized spacial score (nSPS) is 45.7. The van der Waals surface area contributed by atoms with Gasteiger partial charge in [-0.15, -0.1) is 0 Å². The molecule has 4 aliphatic rings. The monoisotopic (exact) mass is 420 g/mol. The minimum Gasteiger partial charge on any atom is -0.472 e. The maximum absolute atomic E-state index is 13.3. The highest BCUT2D eigenvalue weighted by Gasteiger charge is 2.79. The fraction of sp³-hybridized carbons (Fsp3) is 0.727. The third kappa shape index (κ3) is 2.42. The summed E-state index contributed by atoms with van der Waals surface area (Å²) in [5, 5.41) is 22.4. The van der Waals surface area contributed by atoms with Crippen molar-refractivity contribution in [3.63, 3.8) is 0 Å². The Labute approximate surface area is 174 Å². The van der Waals surface area contributed by atoms with Crippen LogP contribution < -0.4 is 0 Å². The summed E-state index contributed by atoms with van der Waals surface area (Å²) in [4.78, 5) is 25.2. The van der Waals surface area contributed by atoms with Crippen molar-refractivity contribution in [2.24, 2.45) is 22.7 Å². The quantitative estimate of drug-likeness (QED) is 0.559. The van der Waals surface area contributed by atoms with Gasteiger partial charge >= 0.3 is 5.97 Å². The third-order valence-corrected chi connectivity index (χ3v) is 8.38. The largest absolute Gasteiger partial charge is 0.472 e. The molecule has 1 aromatic heterocycles. The number of carbonyl (C=O) groups is 2. The molecular formula is C22H28O8. The van der Waals surface area contributed by atoms with E-state index in [1.54, 1.807) is 13.0 Å². The maximum Gasteiger partial charge on any atom is 0.303 e. The van der Waals surface area contributed by atoms with Crippen LogP contribution in [0.3, 0.4) is 0 Å². The number of carbonyl (C=O) groups excluding carboxylic acids is 2. The lowest BCUT2D eigenvalue weighted by Crippen LogP contribution is -2.75. The number of aliphatic hydroxyl groups excluding tert-OH is 2. The Hall–Kier alpha value is -1.74. The van der Waals surface area contributed by atoms with Gasteiger partial charge in [-0.25, -0.2) is 0 Å². The second-order valence-corrected chi connectivity index (χ2v) is 9.43. The number of rotatable bonds is 4. The van der Waals surface area contributed by atoms with Crippen LogP contribution in [0.5, 0.6) is 0 Å². The minimum absolute atomic E-state index is 0.0736. The maximum atomic E-state index is 13.3. The number of furan rings is 1. The number of ketones is 1. The zero-order valence-corrected chi connectivity index (χ0v) is 17.2. The van der Waals surface area contributed by atoms with Crippen molar-refractivity contribution in [1.82, 2.24) is 0 Å². The van der Waals surface area contributed by atoms with Crippen molar-refractivity contribution in [2.45, 2.75) is 63.6 Å². The molecule has 0 amide bonds. The first-order valence-corrected chi connectivity index (χ1v) is 10.6. The molecule has 4 fully saturated rings. The van der Waals surface area contributed by atoms with Crippen molar-refractivity contribution in [2.75, 3.05) is 13.2 Å². The number of esters is 1. The predicted octanol–water partition coefficient (Wildman–Crippen LogP) is 1.74. The van der Waals surface area contributed by atoms with Gasteiger partial charge in [0.25, 0.3) is 0 Å². The van der Waals surface area contributed by atoms with Gasteiger partial charge < -0.3 is 28.8 Å². The van der Waals surface area contributed by atoms with Crippen molar-refractivity contribution in [3.8, 4) is 0 Å². The number of aliphatic hydroxyl groups is 2. The molecule has 2 aliphatic heterocycles.